The second-order valence-corrected chi connectivity index (χ2v) is 5.55. The molecule has 2 rings (SSSR count). The molecule has 21 heavy (non-hydrogen) atoms. The van der Waals surface area contributed by atoms with Crippen LogP contribution in [-0.4, -0.2) is 19.4 Å². The SMILES string of the molecule is C=C(/C=C\C)c1ccc(OC)c(C=NC2CCCCC2)c1. The van der Waals surface area contributed by atoms with Crippen LogP contribution in [0.3, 0.4) is 0 Å². The van der Waals surface area contributed by atoms with Gasteiger partial charge in [0.25, 0.3) is 0 Å². The van der Waals surface area contributed by atoms with Gasteiger partial charge >= 0.3 is 0 Å². The van der Waals surface area contributed by atoms with Gasteiger partial charge in [0.15, 0.2) is 0 Å². The lowest BCUT2D eigenvalue weighted by Gasteiger charge is -2.17. The largest absolute Gasteiger partial charge is 0.496 e. The van der Waals surface area contributed by atoms with Gasteiger partial charge < -0.3 is 4.74 Å². The van der Waals surface area contributed by atoms with Crippen LogP contribution < -0.4 is 4.74 Å². The van der Waals surface area contributed by atoms with Gasteiger partial charge in [0.2, 0.25) is 0 Å². The summed E-state index contributed by atoms with van der Waals surface area (Å²) < 4.78 is 5.44. The molecule has 0 unspecified atom stereocenters. The quantitative estimate of drug-likeness (QED) is 0.548. The lowest BCUT2D eigenvalue weighted by molar-refractivity contribution is 0.414. The standard InChI is InChI=1S/C19H25NO/c1-4-8-15(2)16-11-12-19(21-3)17(13-16)14-20-18-9-6-5-7-10-18/h4,8,11-14,18H,2,5-7,9-10H2,1,3H3/b8-4-,20-14?. The zero-order valence-corrected chi connectivity index (χ0v) is 13.1. The number of benzene rings is 1. The van der Waals surface area contributed by atoms with E-state index in [-0.39, 0.29) is 0 Å². The van der Waals surface area contributed by atoms with Crippen LogP contribution in [0.1, 0.15) is 50.2 Å². The summed E-state index contributed by atoms with van der Waals surface area (Å²) in [5, 5.41) is 0. The molecule has 0 spiro atoms. The lowest BCUT2D eigenvalue weighted by Crippen LogP contribution is -2.09. The Morgan fingerprint density at radius 1 is 1.29 bits per heavy atom. The molecule has 1 aliphatic rings. The van der Waals surface area contributed by atoms with Crippen molar-refractivity contribution in [3.63, 3.8) is 0 Å². The smallest absolute Gasteiger partial charge is 0.127 e. The van der Waals surface area contributed by atoms with Crippen LogP contribution in [0.15, 0.2) is 41.9 Å². The van der Waals surface area contributed by atoms with E-state index in [0.29, 0.717) is 6.04 Å². The zero-order valence-electron chi connectivity index (χ0n) is 13.1. The summed E-state index contributed by atoms with van der Waals surface area (Å²) in [7, 11) is 1.70. The molecule has 0 radical (unpaired) electrons. The van der Waals surface area contributed by atoms with E-state index in [9.17, 15) is 0 Å². The summed E-state index contributed by atoms with van der Waals surface area (Å²) in [6.07, 6.45) is 12.4. The van der Waals surface area contributed by atoms with Gasteiger partial charge in [0.1, 0.15) is 5.75 Å². The first-order chi connectivity index (χ1) is 10.2. The molecule has 1 aromatic carbocycles. The van der Waals surface area contributed by atoms with Crippen LogP contribution in [0.5, 0.6) is 5.75 Å². The van der Waals surface area contributed by atoms with Crippen LogP contribution in [0.4, 0.5) is 0 Å². The highest BCUT2D eigenvalue weighted by molar-refractivity contribution is 5.86. The Kier molecular flexibility index (Phi) is 5.79. The number of nitrogens with zero attached hydrogens (tertiary/aromatic N) is 1. The van der Waals surface area contributed by atoms with Crippen molar-refractivity contribution < 1.29 is 4.74 Å². The van der Waals surface area contributed by atoms with Gasteiger partial charge in [0, 0.05) is 17.8 Å². The van der Waals surface area contributed by atoms with Crippen molar-refractivity contribution >= 4 is 11.8 Å². The fraction of sp³-hybridized carbons (Fsp3) is 0.421. The first-order valence-corrected chi connectivity index (χ1v) is 7.77. The molecule has 0 amide bonds. The molecular formula is C19H25NO. The van der Waals surface area contributed by atoms with E-state index in [1.54, 1.807) is 7.11 Å². The molecule has 1 aromatic rings. The number of ether oxygens (including phenoxy) is 1. The van der Waals surface area contributed by atoms with Crippen molar-refractivity contribution in [2.75, 3.05) is 7.11 Å². The van der Waals surface area contributed by atoms with E-state index in [1.807, 2.05) is 37.4 Å². The maximum Gasteiger partial charge on any atom is 0.127 e. The van der Waals surface area contributed by atoms with E-state index in [4.69, 9.17) is 9.73 Å². The molecular weight excluding hydrogens is 258 g/mol. The van der Waals surface area contributed by atoms with Crippen LogP contribution in [0.25, 0.3) is 5.57 Å². The highest BCUT2D eigenvalue weighted by Crippen LogP contribution is 2.24. The molecule has 0 aliphatic heterocycles. The predicted octanol–water partition coefficient (Wildman–Crippen LogP) is 5.04. The minimum atomic E-state index is 0.478. The fourth-order valence-electron chi connectivity index (χ4n) is 2.75. The van der Waals surface area contributed by atoms with Gasteiger partial charge in [-0.25, -0.2) is 0 Å². The molecule has 112 valence electrons. The maximum absolute atomic E-state index is 5.44. The molecule has 1 fully saturated rings. The van der Waals surface area contributed by atoms with E-state index >= 15 is 0 Å². The molecule has 0 bridgehead atoms. The average molecular weight is 283 g/mol. The molecule has 0 atom stereocenters. The highest BCUT2D eigenvalue weighted by Gasteiger charge is 2.11. The van der Waals surface area contributed by atoms with Crippen molar-refractivity contribution in [2.24, 2.45) is 4.99 Å². The molecule has 1 saturated carbocycles. The second kappa shape index (κ2) is 7.82. The topological polar surface area (TPSA) is 21.6 Å². The number of hydrogen-bond acceptors (Lipinski definition) is 2. The molecule has 1 aliphatic carbocycles. The predicted molar refractivity (Wildman–Crippen MR) is 91.3 cm³/mol. The molecule has 2 nitrogen and oxygen atoms in total. The van der Waals surface area contributed by atoms with Crippen molar-refractivity contribution in [1.29, 1.82) is 0 Å². The Bertz CT molecular complexity index is 536. The van der Waals surface area contributed by atoms with Crippen LogP contribution >= 0.6 is 0 Å². The van der Waals surface area contributed by atoms with E-state index in [1.165, 1.54) is 32.1 Å². The lowest BCUT2D eigenvalue weighted by atomic mass is 9.96. The number of rotatable bonds is 5. The van der Waals surface area contributed by atoms with Gasteiger partial charge in [-0.3, -0.25) is 4.99 Å². The fourth-order valence-corrected chi connectivity index (χ4v) is 2.75. The van der Waals surface area contributed by atoms with Gasteiger partial charge in [-0.2, -0.15) is 0 Å². The van der Waals surface area contributed by atoms with Crippen LogP contribution in [0, 0.1) is 0 Å². The van der Waals surface area contributed by atoms with E-state index in [2.05, 4.69) is 12.6 Å². The Labute approximate surface area is 128 Å². The molecule has 0 N–H and O–H groups in total. The zero-order chi connectivity index (χ0) is 15.1. The first kappa shape index (κ1) is 15.6. The third kappa shape index (κ3) is 4.32. The van der Waals surface area contributed by atoms with Gasteiger partial charge in [-0.05, 0) is 43.0 Å². The summed E-state index contributed by atoms with van der Waals surface area (Å²) in [5.41, 5.74) is 3.15. The summed E-state index contributed by atoms with van der Waals surface area (Å²) in [6.45, 7) is 6.09. The average Bonchev–Trinajstić information content (AvgIpc) is 2.54. The minimum Gasteiger partial charge on any atom is -0.496 e. The Hall–Kier alpha value is -1.83. The van der Waals surface area contributed by atoms with E-state index in [0.717, 1.165) is 22.4 Å². The molecule has 0 aromatic heterocycles. The monoisotopic (exact) mass is 283 g/mol. The first-order valence-electron chi connectivity index (χ1n) is 7.77. The van der Waals surface area contributed by atoms with Crippen molar-refractivity contribution in [2.45, 2.75) is 45.1 Å². The van der Waals surface area contributed by atoms with E-state index < -0.39 is 0 Å². The van der Waals surface area contributed by atoms with Gasteiger partial charge in [0.05, 0.1) is 7.11 Å². The number of allylic oxidation sites excluding steroid dienone is 3. The third-order valence-corrected chi connectivity index (χ3v) is 3.97. The summed E-state index contributed by atoms with van der Waals surface area (Å²) in [4.78, 5) is 4.76. The molecule has 2 heteroatoms. The molecule has 0 heterocycles. The summed E-state index contributed by atoms with van der Waals surface area (Å²) in [5.74, 6) is 0.867. The normalized spacial score (nSPS) is 16.7. The van der Waals surface area contributed by atoms with Crippen molar-refractivity contribution in [1.82, 2.24) is 0 Å². The van der Waals surface area contributed by atoms with Crippen LogP contribution in [0.2, 0.25) is 0 Å². The number of methoxy groups -OCH3 is 1. The highest BCUT2D eigenvalue weighted by atomic mass is 16.5. The van der Waals surface area contributed by atoms with Crippen molar-refractivity contribution in [3.05, 3.63) is 48.1 Å². The maximum atomic E-state index is 5.44. The molecule has 0 saturated heterocycles. The number of aliphatic imine (C=N–C) groups is 1. The second-order valence-electron chi connectivity index (χ2n) is 5.55. The summed E-state index contributed by atoms with van der Waals surface area (Å²) in [6, 6.07) is 6.62. The summed E-state index contributed by atoms with van der Waals surface area (Å²) >= 11 is 0. The van der Waals surface area contributed by atoms with Crippen LogP contribution in [-0.2, 0) is 0 Å². The Morgan fingerprint density at radius 2 is 2.05 bits per heavy atom. The number of hydrogen-bond donors (Lipinski definition) is 0. The Balaban J connectivity index is 2.20. The third-order valence-electron chi connectivity index (χ3n) is 3.97. The van der Waals surface area contributed by atoms with Gasteiger partial charge in [-0.1, -0.05) is 44.1 Å². The van der Waals surface area contributed by atoms with Gasteiger partial charge in [-0.15, -0.1) is 0 Å². The van der Waals surface area contributed by atoms with Crippen molar-refractivity contribution in [3.8, 4) is 5.75 Å². The Morgan fingerprint density at radius 3 is 2.71 bits per heavy atom. The minimum absolute atomic E-state index is 0.478.